The van der Waals surface area contributed by atoms with Crippen molar-refractivity contribution in [2.45, 2.75) is 18.9 Å². The van der Waals surface area contributed by atoms with Gasteiger partial charge in [-0.05, 0) is 48.7 Å². The highest BCUT2D eigenvalue weighted by Crippen LogP contribution is 2.24. The summed E-state index contributed by atoms with van der Waals surface area (Å²) in [5, 5.41) is 9.06. The highest BCUT2D eigenvalue weighted by Gasteiger charge is 2.28. The number of fused-ring (bicyclic) bond motifs is 1. The van der Waals surface area contributed by atoms with Gasteiger partial charge in [0.05, 0.1) is 0 Å². The van der Waals surface area contributed by atoms with Crippen molar-refractivity contribution in [3.63, 3.8) is 0 Å². The SMILES string of the molecule is NC(=O)[C@H](c1ccccc1)N1CCN(CCCc2c[nH]c3ccc(-n4cnnc4)cc23)CC1. The Hall–Kier alpha value is -3.49. The van der Waals surface area contributed by atoms with Gasteiger partial charge in [-0.25, -0.2) is 0 Å². The Kier molecular flexibility index (Phi) is 6.19. The zero-order valence-electron chi connectivity index (χ0n) is 18.6. The van der Waals surface area contributed by atoms with Gasteiger partial charge in [0.25, 0.3) is 0 Å². The van der Waals surface area contributed by atoms with Crippen LogP contribution in [0, 0.1) is 0 Å². The molecule has 3 heterocycles. The summed E-state index contributed by atoms with van der Waals surface area (Å²) in [6.07, 6.45) is 7.65. The minimum Gasteiger partial charge on any atom is -0.368 e. The number of benzene rings is 2. The lowest BCUT2D eigenvalue weighted by atomic mass is 10.0. The third kappa shape index (κ3) is 4.67. The van der Waals surface area contributed by atoms with E-state index in [4.69, 9.17) is 5.73 Å². The average Bonchev–Trinajstić information content (AvgIpc) is 3.51. The first-order valence-electron chi connectivity index (χ1n) is 11.4. The fourth-order valence-corrected chi connectivity index (χ4v) is 4.80. The molecule has 2 aromatic carbocycles. The smallest absolute Gasteiger partial charge is 0.239 e. The van der Waals surface area contributed by atoms with E-state index in [0.717, 1.165) is 62.3 Å². The van der Waals surface area contributed by atoms with Gasteiger partial charge in [-0.1, -0.05) is 30.3 Å². The first-order chi connectivity index (χ1) is 16.2. The molecular weight excluding hydrogens is 414 g/mol. The largest absolute Gasteiger partial charge is 0.368 e. The summed E-state index contributed by atoms with van der Waals surface area (Å²) in [5.74, 6) is -0.278. The van der Waals surface area contributed by atoms with Crippen LogP contribution in [-0.2, 0) is 11.2 Å². The number of aromatic amines is 1. The zero-order valence-corrected chi connectivity index (χ0v) is 18.6. The maximum Gasteiger partial charge on any atom is 0.239 e. The van der Waals surface area contributed by atoms with Crippen LogP contribution in [0.25, 0.3) is 16.6 Å². The van der Waals surface area contributed by atoms with Crippen molar-refractivity contribution in [1.29, 1.82) is 0 Å². The van der Waals surface area contributed by atoms with E-state index in [9.17, 15) is 4.79 Å². The van der Waals surface area contributed by atoms with Crippen LogP contribution in [0.4, 0.5) is 0 Å². The molecule has 8 heteroatoms. The predicted molar refractivity (Wildman–Crippen MR) is 128 cm³/mol. The number of H-pyrrole nitrogens is 1. The van der Waals surface area contributed by atoms with Crippen LogP contribution in [0.5, 0.6) is 0 Å². The Balaban J connectivity index is 1.16. The number of nitrogens with two attached hydrogens (primary N) is 1. The van der Waals surface area contributed by atoms with Crippen LogP contribution in [0.3, 0.4) is 0 Å². The molecule has 33 heavy (non-hydrogen) atoms. The summed E-state index contributed by atoms with van der Waals surface area (Å²) in [5.41, 5.74) is 10.3. The van der Waals surface area contributed by atoms with E-state index in [1.165, 1.54) is 10.9 Å². The summed E-state index contributed by atoms with van der Waals surface area (Å²) in [6, 6.07) is 15.9. The Bertz CT molecular complexity index is 1190. The topological polar surface area (TPSA) is 96.1 Å². The normalized spacial score (nSPS) is 16.2. The number of primary amides is 1. The second-order valence-electron chi connectivity index (χ2n) is 8.61. The van der Waals surface area contributed by atoms with Gasteiger partial charge in [0.15, 0.2) is 0 Å². The summed E-state index contributed by atoms with van der Waals surface area (Å²) in [6.45, 7) is 4.62. The van der Waals surface area contributed by atoms with Crippen molar-refractivity contribution in [3.05, 3.63) is 78.5 Å². The molecule has 0 saturated carbocycles. The van der Waals surface area contributed by atoms with Crippen LogP contribution < -0.4 is 5.73 Å². The average molecular weight is 444 g/mol. The highest BCUT2D eigenvalue weighted by molar-refractivity contribution is 5.85. The Labute approximate surface area is 193 Å². The van der Waals surface area contributed by atoms with Gasteiger partial charge < -0.3 is 15.6 Å². The molecule has 3 N–H and O–H groups in total. The molecule has 1 aliphatic heterocycles. The van der Waals surface area contributed by atoms with Crippen molar-refractivity contribution in [3.8, 4) is 5.69 Å². The number of rotatable bonds is 8. The maximum atomic E-state index is 12.1. The van der Waals surface area contributed by atoms with E-state index in [-0.39, 0.29) is 11.9 Å². The van der Waals surface area contributed by atoms with Crippen LogP contribution in [0.1, 0.15) is 23.6 Å². The lowest BCUT2D eigenvalue weighted by molar-refractivity contribution is -0.124. The number of aryl methyl sites for hydroxylation is 1. The second-order valence-corrected chi connectivity index (χ2v) is 8.61. The van der Waals surface area contributed by atoms with Gasteiger partial charge in [-0.2, -0.15) is 0 Å². The Morgan fingerprint density at radius 3 is 2.52 bits per heavy atom. The summed E-state index contributed by atoms with van der Waals surface area (Å²) in [7, 11) is 0. The molecule has 1 atom stereocenters. The zero-order chi connectivity index (χ0) is 22.6. The van der Waals surface area contributed by atoms with Crippen LogP contribution in [0.15, 0.2) is 67.4 Å². The van der Waals surface area contributed by atoms with Gasteiger partial charge in [0.2, 0.25) is 5.91 Å². The molecule has 170 valence electrons. The lowest BCUT2D eigenvalue weighted by Crippen LogP contribution is -2.50. The van der Waals surface area contributed by atoms with Gasteiger partial charge >= 0.3 is 0 Å². The number of piperazine rings is 1. The van der Waals surface area contributed by atoms with Gasteiger partial charge in [-0.3, -0.25) is 14.3 Å². The van der Waals surface area contributed by atoms with Crippen LogP contribution in [0.2, 0.25) is 0 Å². The van der Waals surface area contributed by atoms with Crippen molar-refractivity contribution in [2.75, 3.05) is 32.7 Å². The molecule has 0 radical (unpaired) electrons. The van der Waals surface area contributed by atoms with Crippen molar-refractivity contribution in [2.24, 2.45) is 5.73 Å². The quantitative estimate of drug-likeness (QED) is 0.436. The molecule has 2 aromatic heterocycles. The molecular formula is C25H29N7O. The molecule has 0 unspecified atom stereocenters. The first kappa shape index (κ1) is 21.4. The molecule has 4 aromatic rings. The fourth-order valence-electron chi connectivity index (χ4n) is 4.80. The minimum atomic E-state index is -0.348. The maximum absolute atomic E-state index is 12.1. The molecule has 5 rings (SSSR count). The third-order valence-corrected chi connectivity index (χ3v) is 6.55. The molecule has 1 amide bonds. The van der Waals surface area contributed by atoms with Crippen molar-refractivity contribution < 1.29 is 4.79 Å². The third-order valence-electron chi connectivity index (χ3n) is 6.55. The van der Waals surface area contributed by atoms with E-state index >= 15 is 0 Å². The number of hydrogen-bond donors (Lipinski definition) is 2. The summed E-state index contributed by atoms with van der Waals surface area (Å²) < 4.78 is 1.92. The number of nitrogens with zero attached hydrogens (tertiary/aromatic N) is 5. The molecule has 8 nitrogen and oxygen atoms in total. The predicted octanol–water partition coefficient (Wildman–Crippen LogP) is 2.53. The number of aromatic nitrogens is 4. The lowest BCUT2D eigenvalue weighted by Gasteiger charge is -2.38. The number of hydrogen-bond acceptors (Lipinski definition) is 5. The molecule has 1 fully saturated rings. The van der Waals surface area contributed by atoms with E-state index in [2.05, 4.69) is 49.4 Å². The Morgan fingerprint density at radius 1 is 1.03 bits per heavy atom. The minimum absolute atomic E-state index is 0.278. The molecule has 1 aliphatic rings. The van der Waals surface area contributed by atoms with Gasteiger partial charge in [0, 0.05) is 49.0 Å². The molecule has 0 spiro atoms. The summed E-state index contributed by atoms with van der Waals surface area (Å²) in [4.78, 5) is 20.2. The molecule has 1 saturated heterocycles. The van der Waals surface area contributed by atoms with Crippen molar-refractivity contribution in [1.82, 2.24) is 29.5 Å². The summed E-state index contributed by atoms with van der Waals surface area (Å²) >= 11 is 0. The van der Waals surface area contributed by atoms with Crippen LogP contribution in [-0.4, -0.2) is 68.2 Å². The Morgan fingerprint density at radius 2 is 1.79 bits per heavy atom. The first-order valence-corrected chi connectivity index (χ1v) is 11.4. The number of carbonyl (C=O) groups is 1. The molecule has 0 bridgehead atoms. The number of carbonyl (C=O) groups excluding carboxylic acids is 1. The van der Waals surface area contributed by atoms with E-state index < -0.39 is 0 Å². The fraction of sp³-hybridized carbons (Fsp3) is 0.320. The van der Waals surface area contributed by atoms with Crippen molar-refractivity contribution >= 4 is 16.8 Å². The standard InChI is InChI=1S/C25H29N7O/c26-25(33)24(19-5-2-1-3-6-19)31-13-11-30(12-14-31)10-4-7-20-16-27-23-9-8-21(15-22(20)23)32-17-28-29-18-32/h1-3,5-6,8-9,15-18,24,27H,4,7,10-14H2,(H2,26,33)/t24-/m0/s1. The van der Waals surface area contributed by atoms with E-state index in [1.54, 1.807) is 12.7 Å². The van der Waals surface area contributed by atoms with E-state index in [1.807, 2.05) is 34.9 Å². The molecule has 0 aliphatic carbocycles. The van der Waals surface area contributed by atoms with E-state index in [0.29, 0.717) is 0 Å². The highest BCUT2D eigenvalue weighted by atomic mass is 16.1. The number of amides is 1. The van der Waals surface area contributed by atoms with Gasteiger partial charge in [0.1, 0.15) is 18.7 Å². The number of nitrogens with one attached hydrogen (secondary N) is 1. The van der Waals surface area contributed by atoms with Gasteiger partial charge in [-0.15, -0.1) is 10.2 Å². The second kappa shape index (κ2) is 9.56. The van der Waals surface area contributed by atoms with Crippen LogP contribution >= 0.6 is 0 Å². The monoisotopic (exact) mass is 443 g/mol.